The van der Waals surface area contributed by atoms with Gasteiger partial charge in [-0.15, -0.1) is 0 Å². The van der Waals surface area contributed by atoms with E-state index in [2.05, 4.69) is 161 Å². The molecule has 0 aliphatic rings. The lowest BCUT2D eigenvalue weighted by molar-refractivity contribution is 1.10. The van der Waals surface area contributed by atoms with Gasteiger partial charge in [0.25, 0.3) is 0 Å². The van der Waals surface area contributed by atoms with Crippen molar-refractivity contribution in [1.29, 1.82) is 0 Å². The molecule has 2 heterocycles. The van der Waals surface area contributed by atoms with Crippen LogP contribution in [0.5, 0.6) is 0 Å². The van der Waals surface area contributed by atoms with E-state index < -0.39 is 0 Å². The number of rotatable bonds is 3. The number of para-hydroxylation sites is 3. The summed E-state index contributed by atoms with van der Waals surface area (Å²) in [5.74, 6) is 0.937. The highest BCUT2D eigenvalue weighted by Gasteiger charge is 2.20. The first-order valence-electron chi connectivity index (χ1n) is 14.3. The molecule has 0 aliphatic carbocycles. The number of hydrogen-bond donors (Lipinski definition) is 0. The molecule has 0 saturated heterocycles. The van der Waals surface area contributed by atoms with Crippen molar-refractivity contribution in [1.82, 2.24) is 14.1 Å². The maximum absolute atomic E-state index is 5.39. The highest BCUT2D eigenvalue weighted by Crippen LogP contribution is 2.39. The molecular formula is C39H25N3. The lowest BCUT2D eigenvalue weighted by Crippen LogP contribution is -1.99. The molecular weight excluding hydrogens is 510 g/mol. The van der Waals surface area contributed by atoms with Crippen LogP contribution in [0.25, 0.3) is 77.1 Å². The Labute approximate surface area is 242 Å². The second-order valence-electron chi connectivity index (χ2n) is 10.8. The fourth-order valence-electron chi connectivity index (χ4n) is 6.69. The molecule has 0 amide bonds. The van der Waals surface area contributed by atoms with Gasteiger partial charge in [0.1, 0.15) is 5.82 Å². The van der Waals surface area contributed by atoms with E-state index >= 15 is 0 Å². The van der Waals surface area contributed by atoms with Crippen LogP contribution in [-0.4, -0.2) is 14.1 Å². The Morgan fingerprint density at radius 3 is 1.48 bits per heavy atom. The van der Waals surface area contributed by atoms with Gasteiger partial charge in [-0.05, 0) is 59.3 Å². The van der Waals surface area contributed by atoms with E-state index in [1.807, 2.05) is 0 Å². The first-order chi connectivity index (χ1) is 20.9. The first kappa shape index (κ1) is 23.1. The third-order valence-corrected chi connectivity index (χ3v) is 8.51. The van der Waals surface area contributed by atoms with E-state index in [0.29, 0.717) is 0 Å². The molecule has 0 aliphatic heterocycles. The molecule has 2 aromatic heterocycles. The van der Waals surface area contributed by atoms with Crippen molar-refractivity contribution in [2.24, 2.45) is 0 Å². The number of nitrogens with zero attached hydrogens (tertiary/aromatic N) is 3. The molecule has 0 atom stereocenters. The quantitative estimate of drug-likeness (QED) is 0.206. The Morgan fingerprint density at radius 2 is 0.833 bits per heavy atom. The number of benzene rings is 7. The molecule has 0 radical (unpaired) electrons. The van der Waals surface area contributed by atoms with E-state index in [4.69, 9.17) is 4.98 Å². The molecule has 0 fully saturated rings. The Kier molecular flexibility index (Phi) is 4.90. The minimum Gasteiger partial charge on any atom is -0.309 e. The summed E-state index contributed by atoms with van der Waals surface area (Å²) < 4.78 is 4.69. The topological polar surface area (TPSA) is 22.8 Å². The van der Waals surface area contributed by atoms with Gasteiger partial charge in [0, 0.05) is 38.5 Å². The molecule has 9 aromatic rings. The number of hydrogen-bond acceptors (Lipinski definition) is 1. The average Bonchev–Trinajstić information content (AvgIpc) is 3.63. The zero-order chi connectivity index (χ0) is 27.6. The fourth-order valence-corrected chi connectivity index (χ4v) is 6.69. The third kappa shape index (κ3) is 3.25. The van der Waals surface area contributed by atoms with Crippen molar-refractivity contribution in [3.63, 3.8) is 0 Å². The summed E-state index contributed by atoms with van der Waals surface area (Å²) in [6.07, 6.45) is 0. The van der Waals surface area contributed by atoms with Crippen LogP contribution in [0.2, 0.25) is 0 Å². The molecule has 0 N–H and O–H groups in total. The fraction of sp³-hybridized carbons (Fsp3) is 0. The predicted molar refractivity (Wildman–Crippen MR) is 176 cm³/mol. The summed E-state index contributed by atoms with van der Waals surface area (Å²) in [7, 11) is 0. The van der Waals surface area contributed by atoms with Crippen LogP contribution in [0.3, 0.4) is 0 Å². The van der Waals surface area contributed by atoms with Crippen LogP contribution in [0, 0.1) is 0 Å². The maximum Gasteiger partial charge on any atom is 0.145 e. The SMILES string of the molecule is c1ccc(-n2c(-c3ccc(-n4c5ccccc5c5ccccc54)cc3)nc3c4ccccc4c4ccccc4c32)cc1. The minimum atomic E-state index is 0.937. The van der Waals surface area contributed by atoms with Crippen molar-refractivity contribution in [3.8, 4) is 22.8 Å². The Bertz CT molecular complexity index is 2390. The smallest absolute Gasteiger partial charge is 0.145 e. The van der Waals surface area contributed by atoms with Crippen LogP contribution in [0.1, 0.15) is 0 Å². The van der Waals surface area contributed by atoms with Crippen molar-refractivity contribution in [2.45, 2.75) is 0 Å². The zero-order valence-corrected chi connectivity index (χ0v) is 22.8. The van der Waals surface area contributed by atoms with E-state index in [9.17, 15) is 0 Å². The van der Waals surface area contributed by atoms with Gasteiger partial charge in [0.2, 0.25) is 0 Å². The largest absolute Gasteiger partial charge is 0.309 e. The van der Waals surface area contributed by atoms with Gasteiger partial charge >= 0.3 is 0 Å². The Morgan fingerprint density at radius 1 is 0.357 bits per heavy atom. The second kappa shape index (κ2) is 8.92. The molecule has 0 unspecified atom stereocenters. The maximum atomic E-state index is 5.39. The van der Waals surface area contributed by atoms with Crippen molar-refractivity contribution >= 4 is 54.4 Å². The molecule has 3 heteroatoms. The van der Waals surface area contributed by atoms with Gasteiger partial charge in [-0.25, -0.2) is 4.98 Å². The molecule has 9 rings (SSSR count). The molecule has 196 valence electrons. The number of aromatic nitrogens is 3. The summed E-state index contributed by atoms with van der Waals surface area (Å²) in [4.78, 5) is 5.39. The number of imidazole rings is 1. The number of fused-ring (bicyclic) bond motifs is 9. The van der Waals surface area contributed by atoms with Crippen LogP contribution in [-0.2, 0) is 0 Å². The zero-order valence-electron chi connectivity index (χ0n) is 22.8. The van der Waals surface area contributed by atoms with Crippen LogP contribution in [0.15, 0.2) is 152 Å². The lowest BCUT2D eigenvalue weighted by Gasteiger charge is -2.13. The highest BCUT2D eigenvalue weighted by atomic mass is 15.1. The summed E-state index contributed by atoms with van der Waals surface area (Å²) >= 11 is 0. The molecule has 0 saturated carbocycles. The van der Waals surface area contributed by atoms with Crippen molar-refractivity contribution in [3.05, 3.63) is 152 Å². The third-order valence-electron chi connectivity index (χ3n) is 8.51. The van der Waals surface area contributed by atoms with E-state index in [-0.39, 0.29) is 0 Å². The van der Waals surface area contributed by atoms with Crippen LogP contribution < -0.4 is 0 Å². The standard InChI is InChI=1S/C39H25N3/c1-2-12-27(13-3-1)42-38-34-19-7-5-15-30(34)29-14-4-6-18-33(29)37(38)40-39(42)26-22-24-28(25-23-26)41-35-20-10-8-16-31(35)32-17-9-11-21-36(32)41/h1-25H. The summed E-state index contributed by atoms with van der Waals surface area (Å²) in [6, 6.07) is 54.1. The molecule has 42 heavy (non-hydrogen) atoms. The molecule has 3 nitrogen and oxygen atoms in total. The predicted octanol–water partition coefficient (Wildman–Crippen LogP) is 10.1. The molecule has 7 aromatic carbocycles. The minimum absolute atomic E-state index is 0.937. The summed E-state index contributed by atoms with van der Waals surface area (Å²) in [5, 5.41) is 7.38. The van der Waals surface area contributed by atoms with Gasteiger partial charge < -0.3 is 4.57 Å². The van der Waals surface area contributed by atoms with Gasteiger partial charge in [-0.2, -0.15) is 0 Å². The second-order valence-corrected chi connectivity index (χ2v) is 10.8. The lowest BCUT2D eigenvalue weighted by atomic mass is 10.00. The van der Waals surface area contributed by atoms with Crippen LogP contribution in [0.4, 0.5) is 0 Å². The summed E-state index contributed by atoms with van der Waals surface area (Å²) in [5.41, 5.74) is 7.89. The normalized spacial score (nSPS) is 11.8. The van der Waals surface area contributed by atoms with Gasteiger partial charge in [-0.3, -0.25) is 4.57 Å². The summed E-state index contributed by atoms with van der Waals surface area (Å²) in [6.45, 7) is 0. The van der Waals surface area contributed by atoms with E-state index in [1.165, 1.54) is 43.4 Å². The van der Waals surface area contributed by atoms with Crippen molar-refractivity contribution < 1.29 is 0 Å². The highest BCUT2D eigenvalue weighted by molar-refractivity contribution is 6.24. The molecule has 0 spiro atoms. The van der Waals surface area contributed by atoms with E-state index in [1.54, 1.807) is 0 Å². The van der Waals surface area contributed by atoms with E-state index in [0.717, 1.165) is 33.8 Å². The van der Waals surface area contributed by atoms with Gasteiger partial charge in [0.15, 0.2) is 0 Å². The Balaban J connectivity index is 1.33. The first-order valence-corrected chi connectivity index (χ1v) is 14.3. The monoisotopic (exact) mass is 535 g/mol. The Hall–Kier alpha value is -5.67. The van der Waals surface area contributed by atoms with Gasteiger partial charge in [0.05, 0.1) is 22.1 Å². The van der Waals surface area contributed by atoms with Crippen LogP contribution >= 0.6 is 0 Å². The van der Waals surface area contributed by atoms with Crippen molar-refractivity contribution in [2.75, 3.05) is 0 Å². The average molecular weight is 536 g/mol. The van der Waals surface area contributed by atoms with Gasteiger partial charge in [-0.1, -0.05) is 103 Å². The molecule has 0 bridgehead atoms.